The molecule has 1 aromatic rings. The zero-order chi connectivity index (χ0) is 17.7. The van der Waals surface area contributed by atoms with Crippen LogP contribution in [0.2, 0.25) is 5.02 Å². The molecule has 132 valence electrons. The Morgan fingerprint density at radius 2 is 1.83 bits per heavy atom. The molecular weight excluding hydrogens is 340 g/mol. The van der Waals surface area contributed by atoms with Crippen LogP contribution in [0.1, 0.15) is 53.4 Å². The molecule has 1 N–H and O–H groups in total. The summed E-state index contributed by atoms with van der Waals surface area (Å²) in [6.45, 7) is 8.80. The molecule has 1 fully saturated rings. The summed E-state index contributed by atoms with van der Waals surface area (Å²) in [4.78, 5) is 13.2. The first-order valence-electron chi connectivity index (χ1n) is 8.53. The summed E-state index contributed by atoms with van der Waals surface area (Å²) in [7, 11) is 0. The lowest BCUT2D eigenvalue weighted by atomic mass is 9.72. The van der Waals surface area contributed by atoms with Gasteiger partial charge >= 0.3 is 0 Å². The van der Waals surface area contributed by atoms with Gasteiger partial charge < -0.3 is 0 Å². The summed E-state index contributed by atoms with van der Waals surface area (Å²) in [6, 6.07) is 7.53. The van der Waals surface area contributed by atoms with Gasteiger partial charge in [-0.2, -0.15) is 5.10 Å². The maximum Gasteiger partial charge on any atom is 0.253 e. The minimum absolute atomic E-state index is 0.0552. The van der Waals surface area contributed by atoms with Crippen LogP contribution in [0.3, 0.4) is 0 Å². The van der Waals surface area contributed by atoms with Crippen LogP contribution in [-0.4, -0.2) is 16.9 Å². The fourth-order valence-corrected chi connectivity index (χ4v) is 3.91. The minimum Gasteiger partial charge on any atom is -0.272 e. The fraction of sp³-hybridized carbons (Fsp3) is 0.579. The Bertz CT molecular complexity index is 582. The molecule has 0 saturated heterocycles. The Hall–Kier alpha value is -1.00. The first kappa shape index (κ1) is 19.3. The van der Waals surface area contributed by atoms with Crippen LogP contribution < -0.4 is 5.43 Å². The molecule has 2 rings (SSSR count). The molecule has 0 spiro atoms. The maximum atomic E-state index is 12.2. The van der Waals surface area contributed by atoms with Crippen LogP contribution in [0.25, 0.3) is 0 Å². The summed E-state index contributed by atoms with van der Waals surface area (Å²) in [5.74, 6) is 0.687. The van der Waals surface area contributed by atoms with Crippen molar-refractivity contribution >= 4 is 35.0 Å². The second-order valence-corrected chi connectivity index (χ2v) is 9.36. The molecule has 1 aliphatic carbocycles. The van der Waals surface area contributed by atoms with E-state index in [1.54, 1.807) is 0 Å². The van der Waals surface area contributed by atoms with Crippen LogP contribution >= 0.6 is 23.4 Å². The zero-order valence-electron chi connectivity index (χ0n) is 14.9. The predicted molar refractivity (Wildman–Crippen MR) is 104 cm³/mol. The molecule has 1 saturated carbocycles. The number of hydrazone groups is 1. The first-order chi connectivity index (χ1) is 11.3. The monoisotopic (exact) mass is 366 g/mol. The Morgan fingerprint density at radius 3 is 2.38 bits per heavy atom. The maximum absolute atomic E-state index is 12.2. The highest BCUT2D eigenvalue weighted by atomic mass is 35.5. The second kappa shape index (κ2) is 8.39. The van der Waals surface area contributed by atoms with Crippen LogP contribution in [0.5, 0.6) is 0 Å². The Morgan fingerprint density at radius 1 is 1.25 bits per heavy atom. The largest absolute Gasteiger partial charge is 0.272 e. The van der Waals surface area contributed by atoms with Gasteiger partial charge in [0.05, 0.1) is 5.25 Å². The number of hydrogen-bond acceptors (Lipinski definition) is 3. The van der Waals surface area contributed by atoms with Crippen molar-refractivity contribution in [3.63, 3.8) is 0 Å². The fourth-order valence-electron chi connectivity index (χ4n) is 2.92. The first-order valence-corrected chi connectivity index (χ1v) is 9.79. The predicted octanol–water partition coefficient (Wildman–Crippen LogP) is 5.53. The van der Waals surface area contributed by atoms with E-state index in [1.165, 1.54) is 11.8 Å². The Kier molecular flexibility index (Phi) is 6.76. The molecule has 0 aromatic heterocycles. The quantitative estimate of drug-likeness (QED) is 0.562. The number of halogens is 1. The summed E-state index contributed by atoms with van der Waals surface area (Å²) < 4.78 is 0. The van der Waals surface area contributed by atoms with Crippen molar-refractivity contribution in [3.05, 3.63) is 29.3 Å². The number of nitrogens with one attached hydrogen (secondary N) is 1. The van der Waals surface area contributed by atoms with Crippen LogP contribution in [0.4, 0.5) is 0 Å². The number of amides is 1. The summed E-state index contributed by atoms with van der Waals surface area (Å²) >= 11 is 7.39. The highest BCUT2D eigenvalue weighted by Gasteiger charge is 2.28. The lowest BCUT2D eigenvalue weighted by Crippen LogP contribution is -2.30. The van der Waals surface area contributed by atoms with Crippen LogP contribution in [-0.2, 0) is 4.79 Å². The van der Waals surface area contributed by atoms with E-state index in [1.807, 2.05) is 31.2 Å². The third kappa shape index (κ3) is 5.82. The number of nitrogens with zero attached hydrogens (tertiary/aromatic N) is 1. The molecule has 24 heavy (non-hydrogen) atoms. The van der Waals surface area contributed by atoms with E-state index < -0.39 is 0 Å². The van der Waals surface area contributed by atoms with Gasteiger partial charge in [0.15, 0.2) is 0 Å². The number of carbonyl (C=O) groups is 1. The Balaban J connectivity index is 1.81. The normalized spacial score (nSPS) is 19.7. The van der Waals surface area contributed by atoms with Crippen molar-refractivity contribution in [1.82, 2.24) is 5.43 Å². The molecule has 0 aliphatic heterocycles. The second-order valence-electron chi connectivity index (χ2n) is 7.51. The van der Waals surface area contributed by atoms with Crippen molar-refractivity contribution in [2.75, 3.05) is 0 Å². The lowest BCUT2D eigenvalue weighted by molar-refractivity contribution is -0.120. The summed E-state index contributed by atoms with van der Waals surface area (Å²) in [5.41, 5.74) is 4.22. The summed E-state index contributed by atoms with van der Waals surface area (Å²) in [5, 5.41) is 4.87. The lowest BCUT2D eigenvalue weighted by Gasteiger charge is -2.34. The third-order valence-electron chi connectivity index (χ3n) is 4.61. The molecule has 1 amide bonds. The van der Waals surface area contributed by atoms with Gasteiger partial charge in [0.2, 0.25) is 0 Å². The van der Waals surface area contributed by atoms with Gasteiger partial charge in [-0.1, -0.05) is 32.4 Å². The van der Waals surface area contributed by atoms with Crippen molar-refractivity contribution in [3.8, 4) is 0 Å². The van der Waals surface area contributed by atoms with E-state index in [9.17, 15) is 4.79 Å². The van der Waals surface area contributed by atoms with Gasteiger partial charge in [0.1, 0.15) is 0 Å². The number of benzene rings is 1. The van der Waals surface area contributed by atoms with Crippen LogP contribution in [0, 0.1) is 11.3 Å². The molecule has 0 radical (unpaired) electrons. The SMILES string of the molecule is C[C@@H](Sc1ccc(Cl)cc1)C(=O)NN=C1CCC(C(C)(C)C)CC1. The number of hydrogen-bond donors (Lipinski definition) is 1. The van der Waals surface area contributed by atoms with Crippen molar-refractivity contribution in [1.29, 1.82) is 0 Å². The molecule has 1 aliphatic rings. The minimum atomic E-state index is -0.193. The van der Waals surface area contributed by atoms with Gasteiger partial charge in [0.25, 0.3) is 5.91 Å². The smallest absolute Gasteiger partial charge is 0.253 e. The Labute approximate surface area is 154 Å². The van der Waals surface area contributed by atoms with Crippen molar-refractivity contribution in [2.45, 2.75) is 63.5 Å². The van der Waals surface area contributed by atoms with E-state index in [-0.39, 0.29) is 11.2 Å². The number of rotatable bonds is 4. The molecule has 0 bridgehead atoms. The standard InChI is InChI=1S/C19H27ClN2OS/c1-13(24-17-11-7-15(20)8-12-17)18(23)22-21-16-9-5-14(6-10-16)19(2,3)4/h7-8,11-14H,5-6,9-10H2,1-4H3,(H,22,23)/t13-,14?/m1/s1. The molecule has 3 nitrogen and oxygen atoms in total. The number of thioether (sulfide) groups is 1. The number of carbonyl (C=O) groups excluding carboxylic acids is 1. The van der Waals surface area contributed by atoms with Gasteiger partial charge in [-0.15, -0.1) is 11.8 Å². The van der Waals surface area contributed by atoms with Gasteiger partial charge in [0, 0.05) is 15.6 Å². The highest BCUT2D eigenvalue weighted by Crippen LogP contribution is 2.36. The van der Waals surface area contributed by atoms with E-state index >= 15 is 0 Å². The van der Waals surface area contributed by atoms with Gasteiger partial charge in [-0.05, 0) is 68.2 Å². The van der Waals surface area contributed by atoms with Gasteiger partial charge in [-0.3, -0.25) is 4.79 Å². The van der Waals surface area contributed by atoms with Crippen molar-refractivity contribution < 1.29 is 4.79 Å². The third-order valence-corrected chi connectivity index (χ3v) is 5.97. The van der Waals surface area contributed by atoms with Crippen LogP contribution in [0.15, 0.2) is 34.3 Å². The van der Waals surface area contributed by atoms with Gasteiger partial charge in [-0.25, -0.2) is 5.43 Å². The van der Waals surface area contributed by atoms with E-state index in [4.69, 9.17) is 11.6 Å². The topological polar surface area (TPSA) is 41.5 Å². The molecule has 1 aromatic carbocycles. The molecule has 0 heterocycles. The molecular formula is C19H27ClN2OS. The van der Waals surface area contributed by atoms with E-state index in [2.05, 4.69) is 31.3 Å². The van der Waals surface area contributed by atoms with E-state index in [0.29, 0.717) is 10.4 Å². The molecule has 0 unspecified atom stereocenters. The average Bonchev–Trinajstić information content (AvgIpc) is 2.54. The van der Waals surface area contributed by atoms with Crippen molar-refractivity contribution in [2.24, 2.45) is 16.4 Å². The highest BCUT2D eigenvalue weighted by molar-refractivity contribution is 8.00. The summed E-state index contributed by atoms with van der Waals surface area (Å²) in [6.07, 6.45) is 4.29. The molecule has 1 atom stereocenters. The molecule has 5 heteroatoms. The average molecular weight is 367 g/mol. The zero-order valence-corrected chi connectivity index (χ0v) is 16.5. The van der Waals surface area contributed by atoms with E-state index in [0.717, 1.165) is 42.2 Å².